The summed E-state index contributed by atoms with van der Waals surface area (Å²) < 4.78 is 30.1. The minimum absolute atomic E-state index is 0.0826. The van der Waals surface area contributed by atoms with E-state index in [4.69, 9.17) is 11.6 Å². The third-order valence-corrected chi connectivity index (χ3v) is 2.37. The molecule has 16 heavy (non-hydrogen) atoms. The van der Waals surface area contributed by atoms with E-state index in [-0.39, 0.29) is 11.0 Å². The molecule has 0 aromatic carbocycles. The molecule has 1 aromatic heterocycles. The molecule has 10 heteroatoms. The van der Waals surface area contributed by atoms with Gasteiger partial charge < -0.3 is 4.74 Å². The number of ether oxygens (including phenoxy) is 1. The largest absolute Gasteiger partial charge is 0.452 e. The van der Waals surface area contributed by atoms with Crippen LogP contribution in [0.5, 0.6) is 0 Å². The van der Waals surface area contributed by atoms with Crippen molar-refractivity contribution >= 4 is 33.7 Å². The van der Waals surface area contributed by atoms with Crippen molar-refractivity contribution in [3.63, 3.8) is 0 Å². The first-order chi connectivity index (χ1) is 7.43. The Morgan fingerprint density at radius 3 is 2.62 bits per heavy atom. The maximum absolute atomic E-state index is 11.2. The van der Waals surface area contributed by atoms with Gasteiger partial charge in [-0.05, 0) is 0 Å². The van der Waals surface area contributed by atoms with Gasteiger partial charge in [0.1, 0.15) is 5.15 Å². The smallest absolute Gasteiger partial charge is 0.422 e. The monoisotopic (exact) mass is 266 g/mol. The maximum Gasteiger partial charge on any atom is 0.422 e. The van der Waals surface area contributed by atoms with Crippen LogP contribution in [0.2, 0.25) is 5.15 Å². The molecule has 8 nitrogen and oxygen atoms in total. The quantitative estimate of drug-likeness (QED) is 0.805. The molecule has 0 aliphatic carbocycles. The number of carbonyl (C=O) groups excluding carboxylic acids is 1. The van der Waals surface area contributed by atoms with Crippen LogP contribution in [0.3, 0.4) is 0 Å². The molecular formula is C6H7ClN4O4S. The van der Waals surface area contributed by atoms with Gasteiger partial charge in [0.25, 0.3) is 0 Å². The van der Waals surface area contributed by atoms with Crippen LogP contribution in [-0.4, -0.2) is 31.6 Å². The molecule has 0 fully saturated rings. The normalized spacial score (nSPS) is 10.6. The lowest BCUT2D eigenvalue weighted by Crippen LogP contribution is -2.35. The second kappa shape index (κ2) is 4.94. The van der Waals surface area contributed by atoms with Gasteiger partial charge in [-0.1, -0.05) is 11.6 Å². The van der Waals surface area contributed by atoms with Crippen molar-refractivity contribution in [2.75, 3.05) is 11.8 Å². The van der Waals surface area contributed by atoms with Crippen molar-refractivity contribution < 1.29 is 17.9 Å². The number of halogens is 1. The maximum atomic E-state index is 11.2. The standard InChI is InChI=1S/C6H7ClN4O4S/c1-15-6(12)11-16(13,14)10-5-3-8-4(7)2-9-5/h2-3H,1H3,(H,9,10)(H,11,12). The van der Waals surface area contributed by atoms with Gasteiger partial charge in [0.2, 0.25) is 0 Å². The van der Waals surface area contributed by atoms with E-state index in [0.29, 0.717) is 0 Å². The molecule has 0 saturated carbocycles. The topological polar surface area (TPSA) is 110 Å². The highest BCUT2D eigenvalue weighted by molar-refractivity contribution is 7.91. The fourth-order valence-electron chi connectivity index (χ4n) is 0.680. The van der Waals surface area contributed by atoms with Crippen LogP contribution in [0, 0.1) is 0 Å². The van der Waals surface area contributed by atoms with Gasteiger partial charge in [-0.15, -0.1) is 0 Å². The van der Waals surface area contributed by atoms with E-state index in [1.54, 1.807) is 4.72 Å². The van der Waals surface area contributed by atoms with Crippen LogP contribution in [0.4, 0.5) is 10.6 Å². The van der Waals surface area contributed by atoms with E-state index in [9.17, 15) is 13.2 Å². The van der Waals surface area contributed by atoms with Crippen molar-refractivity contribution in [3.05, 3.63) is 17.5 Å². The lowest BCUT2D eigenvalue weighted by atomic mass is 10.7. The predicted molar refractivity (Wildman–Crippen MR) is 55.1 cm³/mol. The van der Waals surface area contributed by atoms with Gasteiger partial charge in [-0.3, -0.25) is 0 Å². The second-order valence-corrected chi connectivity index (χ2v) is 4.23. The van der Waals surface area contributed by atoms with Crippen LogP contribution in [-0.2, 0) is 14.9 Å². The molecule has 88 valence electrons. The van der Waals surface area contributed by atoms with Crippen molar-refractivity contribution in [1.29, 1.82) is 0 Å². The van der Waals surface area contributed by atoms with Gasteiger partial charge in [0.05, 0.1) is 19.5 Å². The van der Waals surface area contributed by atoms with Crippen molar-refractivity contribution in [3.8, 4) is 0 Å². The molecule has 0 spiro atoms. The van der Waals surface area contributed by atoms with Gasteiger partial charge in [0, 0.05) is 0 Å². The van der Waals surface area contributed by atoms with E-state index in [2.05, 4.69) is 14.7 Å². The molecule has 1 heterocycles. The molecule has 1 aromatic rings. The van der Waals surface area contributed by atoms with Crippen LogP contribution in [0.15, 0.2) is 12.4 Å². The Morgan fingerprint density at radius 1 is 1.44 bits per heavy atom. The first-order valence-electron chi connectivity index (χ1n) is 3.79. The number of carbonyl (C=O) groups is 1. The molecule has 0 aliphatic rings. The number of amides is 1. The molecule has 1 amide bonds. The summed E-state index contributed by atoms with van der Waals surface area (Å²) in [6.45, 7) is 0. The van der Waals surface area contributed by atoms with Crippen LogP contribution < -0.4 is 9.44 Å². The van der Waals surface area contributed by atoms with E-state index in [0.717, 1.165) is 19.5 Å². The van der Waals surface area contributed by atoms with E-state index in [1.807, 2.05) is 4.72 Å². The second-order valence-electron chi connectivity index (χ2n) is 2.42. The molecule has 0 radical (unpaired) electrons. The first kappa shape index (κ1) is 12.5. The lowest BCUT2D eigenvalue weighted by Gasteiger charge is -2.06. The van der Waals surface area contributed by atoms with Crippen molar-refractivity contribution in [2.24, 2.45) is 0 Å². The Balaban J connectivity index is 2.73. The predicted octanol–water partition coefficient (Wildman–Crippen LogP) is 0.143. The van der Waals surface area contributed by atoms with Gasteiger partial charge in [0.15, 0.2) is 5.82 Å². The zero-order valence-electron chi connectivity index (χ0n) is 7.97. The summed E-state index contributed by atoms with van der Waals surface area (Å²) in [4.78, 5) is 17.9. The number of rotatable bonds is 3. The molecule has 0 atom stereocenters. The molecule has 0 bridgehead atoms. The highest BCUT2D eigenvalue weighted by Crippen LogP contribution is 2.06. The third kappa shape index (κ3) is 3.87. The number of anilines is 1. The van der Waals surface area contributed by atoms with Gasteiger partial charge >= 0.3 is 16.3 Å². The zero-order chi connectivity index (χ0) is 12.2. The summed E-state index contributed by atoms with van der Waals surface area (Å²) in [5.41, 5.74) is 0. The summed E-state index contributed by atoms with van der Waals surface area (Å²) in [7, 11) is -3.04. The third-order valence-electron chi connectivity index (χ3n) is 1.26. The van der Waals surface area contributed by atoms with Crippen LogP contribution >= 0.6 is 11.6 Å². The van der Waals surface area contributed by atoms with Gasteiger partial charge in [-0.25, -0.2) is 24.2 Å². The number of aromatic nitrogens is 2. The Hall–Kier alpha value is -1.61. The summed E-state index contributed by atoms with van der Waals surface area (Å²) in [5.74, 6) is -0.0826. The molecule has 0 unspecified atom stereocenters. The lowest BCUT2D eigenvalue weighted by molar-refractivity contribution is 0.177. The fraction of sp³-hybridized carbons (Fsp3) is 0.167. The summed E-state index contributed by atoms with van der Waals surface area (Å²) in [6, 6.07) is 0. The highest BCUT2D eigenvalue weighted by Gasteiger charge is 2.14. The van der Waals surface area contributed by atoms with Crippen molar-refractivity contribution in [1.82, 2.24) is 14.7 Å². The number of nitrogens with zero attached hydrogens (tertiary/aromatic N) is 2. The number of nitrogens with one attached hydrogen (secondary N) is 2. The fourth-order valence-corrected chi connectivity index (χ4v) is 1.51. The van der Waals surface area contributed by atoms with Gasteiger partial charge in [-0.2, -0.15) is 8.42 Å². The Labute approximate surface area is 96.2 Å². The average Bonchev–Trinajstić information content (AvgIpc) is 2.20. The summed E-state index contributed by atoms with van der Waals surface area (Å²) in [6.07, 6.45) is 1.13. The summed E-state index contributed by atoms with van der Waals surface area (Å²) in [5, 5.41) is 0.115. The Bertz CT molecular complexity index is 474. The number of hydrogen-bond acceptors (Lipinski definition) is 6. The van der Waals surface area contributed by atoms with E-state index in [1.165, 1.54) is 0 Å². The minimum Gasteiger partial charge on any atom is -0.452 e. The molecule has 1 rings (SSSR count). The minimum atomic E-state index is -4.08. The molecule has 0 saturated heterocycles. The van der Waals surface area contributed by atoms with E-state index >= 15 is 0 Å². The van der Waals surface area contributed by atoms with Crippen LogP contribution in [0.1, 0.15) is 0 Å². The number of methoxy groups -OCH3 is 1. The van der Waals surface area contributed by atoms with Crippen molar-refractivity contribution in [2.45, 2.75) is 0 Å². The first-order valence-corrected chi connectivity index (χ1v) is 5.65. The highest BCUT2D eigenvalue weighted by atomic mass is 35.5. The zero-order valence-corrected chi connectivity index (χ0v) is 9.54. The number of hydrogen-bond donors (Lipinski definition) is 2. The molecule has 2 N–H and O–H groups in total. The molecule has 0 aliphatic heterocycles. The average molecular weight is 267 g/mol. The molecular weight excluding hydrogens is 260 g/mol. The Morgan fingerprint density at radius 2 is 2.12 bits per heavy atom. The summed E-state index contributed by atoms with van der Waals surface area (Å²) >= 11 is 5.45. The SMILES string of the molecule is COC(=O)NS(=O)(=O)Nc1cnc(Cl)cn1. The Kier molecular flexibility index (Phi) is 3.85. The van der Waals surface area contributed by atoms with Crippen LogP contribution in [0.25, 0.3) is 0 Å². The van der Waals surface area contributed by atoms with E-state index < -0.39 is 16.3 Å².